The van der Waals surface area contributed by atoms with E-state index < -0.39 is 0 Å². The van der Waals surface area contributed by atoms with E-state index in [9.17, 15) is 4.79 Å². The van der Waals surface area contributed by atoms with Gasteiger partial charge in [-0.1, -0.05) is 52.9 Å². The molecule has 0 amide bonds. The number of halogens is 1. The molecule has 1 aromatic carbocycles. The summed E-state index contributed by atoms with van der Waals surface area (Å²) in [5.41, 5.74) is 1.76. The molecule has 0 heterocycles. The highest BCUT2D eigenvalue weighted by Gasteiger charge is 2.04. The monoisotopic (exact) mass is 272 g/mol. The lowest BCUT2D eigenvalue weighted by Gasteiger charge is -2.00. The fourth-order valence-electron chi connectivity index (χ4n) is 0.961. The summed E-state index contributed by atoms with van der Waals surface area (Å²) < 4.78 is 1.81. The highest BCUT2D eigenvalue weighted by Crippen LogP contribution is 2.16. The molecular weight excluding hydrogens is 263 g/mol. The third kappa shape index (κ3) is 2.17. The van der Waals surface area contributed by atoms with Crippen LogP contribution in [0.15, 0.2) is 34.4 Å². The second kappa shape index (κ2) is 4.40. The number of ketones is 1. The average molecular weight is 272 g/mol. The summed E-state index contributed by atoms with van der Waals surface area (Å²) >= 11 is 2.09. The van der Waals surface area contributed by atoms with E-state index in [1.165, 1.54) is 0 Å². The first-order valence-electron chi connectivity index (χ1n) is 3.62. The highest BCUT2D eigenvalue weighted by atomic mass is 127. The fourth-order valence-corrected chi connectivity index (χ4v) is 1.76. The van der Waals surface area contributed by atoms with Crippen LogP contribution in [0.25, 0.3) is 5.57 Å². The van der Waals surface area contributed by atoms with Crippen molar-refractivity contribution in [1.82, 2.24) is 0 Å². The average Bonchev–Trinajstić information content (AvgIpc) is 2.07. The van der Waals surface area contributed by atoms with Gasteiger partial charge in [0.2, 0.25) is 0 Å². The first-order valence-corrected chi connectivity index (χ1v) is 4.87. The standard InChI is InChI=1S/C10H9IO/c1-8(12)10(7-11)9-5-3-2-4-6-9/h2-7H,1H3/b10-7-. The van der Waals surface area contributed by atoms with E-state index in [1.807, 2.05) is 34.4 Å². The van der Waals surface area contributed by atoms with Gasteiger partial charge in [0, 0.05) is 5.57 Å². The number of carbonyl (C=O) groups is 1. The van der Waals surface area contributed by atoms with Crippen molar-refractivity contribution in [2.24, 2.45) is 0 Å². The molecule has 1 rings (SSSR count). The van der Waals surface area contributed by atoms with Gasteiger partial charge < -0.3 is 0 Å². The molecule has 0 unspecified atom stereocenters. The molecule has 1 aromatic rings. The summed E-state index contributed by atoms with van der Waals surface area (Å²) in [6.45, 7) is 1.58. The summed E-state index contributed by atoms with van der Waals surface area (Å²) in [6, 6.07) is 9.67. The molecule has 0 N–H and O–H groups in total. The number of carbonyl (C=O) groups excluding carboxylic acids is 1. The molecule has 0 bridgehead atoms. The molecule has 0 atom stereocenters. The van der Waals surface area contributed by atoms with Gasteiger partial charge in [-0.3, -0.25) is 4.79 Å². The summed E-state index contributed by atoms with van der Waals surface area (Å²) in [5.74, 6) is 0.107. The Balaban J connectivity index is 3.05. The van der Waals surface area contributed by atoms with Crippen molar-refractivity contribution < 1.29 is 4.79 Å². The van der Waals surface area contributed by atoms with Crippen LogP contribution in [0.4, 0.5) is 0 Å². The highest BCUT2D eigenvalue weighted by molar-refractivity contribution is 14.1. The van der Waals surface area contributed by atoms with E-state index in [1.54, 1.807) is 6.92 Å². The number of rotatable bonds is 2. The zero-order chi connectivity index (χ0) is 8.97. The van der Waals surface area contributed by atoms with Crippen LogP contribution in [-0.4, -0.2) is 5.78 Å². The maximum absolute atomic E-state index is 11.1. The van der Waals surface area contributed by atoms with Crippen LogP contribution in [0, 0.1) is 0 Å². The van der Waals surface area contributed by atoms with Crippen LogP contribution in [0.1, 0.15) is 12.5 Å². The largest absolute Gasteiger partial charge is 0.294 e. The van der Waals surface area contributed by atoms with Crippen molar-refractivity contribution in [3.05, 3.63) is 40.0 Å². The summed E-state index contributed by atoms with van der Waals surface area (Å²) in [5, 5.41) is 0. The molecule has 12 heavy (non-hydrogen) atoms. The normalized spacial score (nSPS) is 11.3. The fraction of sp³-hybridized carbons (Fsp3) is 0.100. The SMILES string of the molecule is CC(=O)/C(=C/I)c1ccccc1. The van der Waals surface area contributed by atoms with Crippen LogP contribution in [0.2, 0.25) is 0 Å². The van der Waals surface area contributed by atoms with Gasteiger partial charge in [-0.15, -0.1) is 0 Å². The van der Waals surface area contributed by atoms with E-state index in [2.05, 4.69) is 22.6 Å². The van der Waals surface area contributed by atoms with Crippen LogP contribution in [0.5, 0.6) is 0 Å². The van der Waals surface area contributed by atoms with Gasteiger partial charge in [0.25, 0.3) is 0 Å². The first-order chi connectivity index (χ1) is 5.75. The van der Waals surface area contributed by atoms with Crippen LogP contribution in [-0.2, 0) is 4.79 Å². The van der Waals surface area contributed by atoms with Gasteiger partial charge in [0.15, 0.2) is 5.78 Å². The maximum atomic E-state index is 11.1. The third-order valence-corrected chi connectivity index (χ3v) is 2.20. The molecule has 0 spiro atoms. The Labute approximate surface area is 85.6 Å². The molecule has 62 valence electrons. The van der Waals surface area contributed by atoms with Crippen molar-refractivity contribution in [1.29, 1.82) is 0 Å². The second-order valence-corrected chi connectivity index (χ2v) is 3.07. The Morgan fingerprint density at radius 3 is 2.33 bits per heavy atom. The lowest BCUT2D eigenvalue weighted by atomic mass is 10.1. The third-order valence-electron chi connectivity index (χ3n) is 1.57. The quantitative estimate of drug-likeness (QED) is 0.597. The Kier molecular flexibility index (Phi) is 3.47. The Morgan fingerprint density at radius 1 is 1.33 bits per heavy atom. The van der Waals surface area contributed by atoms with Crippen LogP contribution < -0.4 is 0 Å². The van der Waals surface area contributed by atoms with Crippen LogP contribution >= 0.6 is 22.6 Å². The van der Waals surface area contributed by atoms with E-state index in [0.29, 0.717) is 0 Å². The van der Waals surface area contributed by atoms with Gasteiger partial charge in [-0.05, 0) is 16.6 Å². The van der Waals surface area contributed by atoms with Crippen molar-refractivity contribution in [2.75, 3.05) is 0 Å². The zero-order valence-corrected chi connectivity index (χ0v) is 8.91. The molecule has 1 nitrogen and oxygen atoms in total. The number of hydrogen-bond acceptors (Lipinski definition) is 1. The molecule has 2 heteroatoms. The molecule has 0 aliphatic carbocycles. The Morgan fingerprint density at radius 2 is 1.92 bits per heavy atom. The van der Waals surface area contributed by atoms with Crippen molar-refractivity contribution in [3.63, 3.8) is 0 Å². The lowest BCUT2D eigenvalue weighted by Crippen LogP contribution is -1.93. The van der Waals surface area contributed by atoms with E-state index in [0.717, 1.165) is 11.1 Å². The van der Waals surface area contributed by atoms with Gasteiger partial charge >= 0.3 is 0 Å². The van der Waals surface area contributed by atoms with E-state index in [4.69, 9.17) is 0 Å². The lowest BCUT2D eigenvalue weighted by molar-refractivity contribution is -0.111. The van der Waals surface area contributed by atoms with Crippen molar-refractivity contribution in [2.45, 2.75) is 6.92 Å². The zero-order valence-electron chi connectivity index (χ0n) is 6.75. The van der Waals surface area contributed by atoms with Gasteiger partial charge in [-0.25, -0.2) is 0 Å². The van der Waals surface area contributed by atoms with Gasteiger partial charge in [0.05, 0.1) is 0 Å². The maximum Gasteiger partial charge on any atom is 0.160 e. The summed E-state index contributed by atoms with van der Waals surface area (Å²) in [7, 11) is 0. The second-order valence-electron chi connectivity index (χ2n) is 2.44. The molecule has 0 aliphatic heterocycles. The van der Waals surface area contributed by atoms with Crippen molar-refractivity contribution >= 4 is 33.9 Å². The number of Topliss-reactive ketones (excluding diaryl/α,β-unsaturated/α-hetero) is 1. The first kappa shape index (κ1) is 9.45. The Bertz CT molecular complexity index is 301. The van der Waals surface area contributed by atoms with Crippen LogP contribution in [0.3, 0.4) is 0 Å². The summed E-state index contributed by atoms with van der Waals surface area (Å²) in [4.78, 5) is 11.1. The topological polar surface area (TPSA) is 17.1 Å². The Hall–Kier alpha value is -0.640. The number of benzene rings is 1. The molecule has 0 fully saturated rings. The minimum atomic E-state index is 0.107. The molecule has 0 saturated carbocycles. The molecule has 0 aliphatic rings. The minimum absolute atomic E-state index is 0.107. The predicted octanol–water partition coefficient (Wildman–Crippen LogP) is 3.05. The number of allylic oxidation sites excluding steroid dienone is 1. The smallest absolute Gasteiger partial charge is 0.160 e. The van der Waals surface area contributed by atoms with E-state index >= 15 is 0 Å². The van der Waals surface area contributed by atoms with Crippen molar-refractivity contribution in [3.8, 4) is 0 Å². The molecule has 0 aromatic heterocycles. The van der Waals surface area contributed by atoms with Gasteiger partial charge in [0.1, 0.15) is 0 Å². The predicted molar refractivity (Wildman–Crippen MR) is 59.1 cm³/mol. The summed E-state index contributed by atoms with van der Waals surface area (Å²) in [6.07, 6.45) is 0. The minimum Gasteiger partial charge on any atom is -0.294 e. The van der Waals surface area contributed by atoms with E-state index in [-0.39, 0.29) is 5.78 Å². The number of hydrogen-bond donors (Lipinski definition) is 0. The van der Waals surface area contributed by atoms with Gasteiger partial charge in [-0.2, -0.15) is 0 Å². The molecular formula is C10H9IO. The molecule has 0 saturated heterocycles. The molecule has 0 radical (unpaired) electrons.